The number of amides is 1. The first kappa shape index (κ1) is 19.8. The fourth-order valence-corrected chi connectivity index (χ4v) is 5.08. The van der Waals surface area contributed by atoms with Gasteiger partial charge in [-0.05, 0) is 53.8 Å². The van der Waals surface area contributed by atoms with Gasteiger partial charge in [-0.25, -0.2) is 4.39 Å². The number of hydrogen-bond acceptors (Lipinski definition) is 3. The summed E-state index contributed by atoms with van der Waals surface area (Å²) in [7, 11) is 0. The Morgan fingerprint density at radius 2 is 1.68 bits per heavy atom. The molecule has 0 bridgehead atoms. The molecule has 0 spiro atoms. The summed E-state index contributed by atoms with van der Waals surface area (Å²) >= 11 is 1.68. The molecule has 0 atom stereocenters. The lowest BCUT2D eigenvalue weighted by Crippen LogP contribution is -2.49. The van der Waals surface area contributed by atoms with E-state index in [1.807, 2.05) is 17.0 Å². The van der Waals surface area contributed by atoms with Crippen LogP contribution in [-0.4, -0.2) is 41.6 Å². The molecule has 158 valence electrons. The van der Waals surface area contributed by atoms with Gasteiger partial charge >= 0.3 is 0 Å². The fourth-order valence-electron chi connectivity index (χ4n) is 4.26. The van der Waals surface area contributed by atoms with E-state index in [0.29, 0.717) is 13.1 Å². The zero-order valence-corrected chi connectivity index (χ0v) is 18.0. The fraction of sp³-hybridized carbons (Fsp3) is 0.240. The van der Waals surface area contributed by atoms with Crippen molar-refractivity contribution < 1.29 is 9.18 Å². The summed E-state index contributed by atoms with van der Waals surface area (Å²) in [5.41, 5.74) is 4.17. The molecule has 0 aliphatic carbocycles. The zero-order valence-electron chi connectivity index (χ0n) is 17.2. The highest BCUT2D eigenvalue weighted by molar-refractivity contribution is 7.17. The quantitative estimate of drug-likeness (QED) is 0.441. The Morgan fingerprint density at radius 1 is 0.935 bits per heavy atom. The van der Waals surface area contributed by atoms with Crippen molar-refractivity contribution in [2.24, 2.45) is 0 Å². The Morgan fingerprint density at radius 3 is 2.42 bits per heavy atom. The molecule has 2 aromatic heterocycles. The number of thiophene rings is 1. The molecule has 31 heavy (non-hydrogen) atoms. The predicted molar refractivity (Wildman–Crippen MR) is 124 cm³/mol. The van der Waals surface area contributed by atoms with Crippen LogP contribution in [0.15, 0.2) is 72.1 Å². The van der Waals surface area contributed by atoms with Gasteiger partial charge in [0.15, 0.2) is 0 Å². The molecule has 1 amide bonds. The number of rotatable bonds is 5. The highest BCUT2D eigenvalue weighted by Gasteiger charge is 2.25. The second-order valence-electron chi connectivity index (χ2n) is 7.84. The van der Waals surface area contributed by atoms with Gasteiger partial charge in [0.2, 0.25) is 0 Å². The lowest BCUT2D eigenvalue weighted by atomic mass is 10.1. The summed E-state index contributed by atoms with van der Waals surface area (Å²) in [5.74, 6) is -0.135. The van der Waals surface area contributed by atoms with Gasteiger partial charge in [-0.15, -0.1) is 11.3 Å². The van der Waals surface area contributed by atoms with Gasteiger partial charge in [0.05, 0.1) is 10.2 Å². The first-order chi connectivity index (χ1) is 15.2. The van der Waals surface area contributed by atoms with Gasteiger partial charge in [-0.1, -0.05) is 30.3 Å². The third-order valence-electron chi connectivity index (χ3n) is 5.97. The lowest BCUT2D eigenvalue weighted by molar-refractivity contribution is 0.0736. The number of halogens is 1. The molecule has 4 aromatic rings. The zero-order chi connectivity index (χ0) is 21.2. The van der Waals surface area contributed by atoms with Crippen molar-refractivity contribution >= 4 is 33.1 Å². The number of aryl methyl sites for hydroxylation is 2. The third kappa shape index (κ3) is 4.08. The molecular formula is C25H24FN3OS. The summed E-state index contributed by atoms with van der Waals surface area (Å²) < 4.78 is 16.5. The topological polar surface area (TPSA) is 28.5 Å². The molecule has 0 unspecified atom stereocenters. The number of hydrogen-bond donors (Lipinski definition) is 0. The summed E-state index contributed by atoms with van der Waals surface area (Å²) in [5, 5.41) is 2.08. The number of piperazine rings is 1. The SMILES string of the molecule is O=C(c1cc2sccc2n1CCc1ccccc1)N1CCN(c2ccc(F)cc2)CC1. The molecule has 3 heterocycles. The van der Waals surface area contributed by atoms with Crippen LogP contribution in [0.5, 0.6) is 0 Å². The van der Waals surface area contributed by atoms with Crippen molar-refractivity contribution in [3.8, 4) is 0 Å². The van der Waals surface area contributed by atoms with E-state index in [-0.39, 0.29) is 11.7 Å². The van der Waals surface area contributed by atoms with Crippen molar-refractivity contribution in [1.29, 1.82) is 0 Å². The minimum Gasteiger partial charge on any atom is -0.368 e. The summed E-state index contributed by atoms with van der Waals surface area (Å²) in [4.78, 5) is 17.6. The number of carbonyl (C=O) groups excluding carboxylic acids is 1. The van der Waals surface area contributed by atoms with Crippen molar-refractivity contribution in [3.63, 3.8) is 0 Å². The van der Waals surface area contributed by atoms with Gasteiger partial charge in [-0.3, -0.25) is 4.79 Å². The lowest BCUT2D eigenvalue weighted by Gasteiger charge is -2.36. The average Bonchev–Trinajstić information content (AvgIpc) is 3.40. The van der Waals surface area contributed by atoms with Crippen molar-refractivity contribution in [2.75, 3.05) is 31.1 Å². The van der Waals surface area contributed by atoms with Crippen LogP contribution in [0.1, 0.15) is 16.1 Å². The molecule has 1 aliphatic heterocycles. The van der Waals surface area contributed by atoms with Crippen LogP contribution in [-0.2, 0) is 13.0 Å². The Balaban J connectivity index is 1.32. The van der Waals surface area contributed by atoms with Crippen LogP contribution in [0.25, 0.3) is 10.2 Å². The van der Waals surface area contributed by atoms with Crippen LogP contribution in [0, 0.1) is 5.82 Å². The highest BCUT2D eigenvalue weighted by Crippen LogP contribution is 2.27. The number of aromatic nitrogens is 1. The van der Waals surface area contributed by atoms with E-state index in [4.69, 9.17) is 0 Å². The Kier molecular flexibility index (Phi) is 5.47. The van der Waals surface area contributed by atoms with Gasteiger partial charge in [0, 0.05) is 38.4 Å². The van der Waals surface area contributed by atoms with Gasteiger partial charge < -0.3 is 14.4 Å². The van der Waals surface area contributed by atoms with E-state index in [1.54, 1.807) is 23.5 Å². The van der Waals surface area contributed by atoms with E-state index in [1.165, 1.54) is 17.7 Å². The maximum atomic E-state index is 13.4. The summed E-state index contributed by atoms with van der Waals surface area (Å²) in [6.45, 7) is 3.59. The molecule has 2 aromatic carbocycles. The second-order valence-corrected chi connectivity index (χ2v) is 8.79. The Labute approximate surface area is 185 Å². The first-order valence-electron chi connectivity index (χ1n) is 10.6. The van der Waals surface area contributed by atoms with Crippen LogP contribution >= 0.6 is 11.3 Å². The van der Waals surface area contributed by atoms with Crippen molar-refractivity contribution in [3.05, 3.63) is 89.2 Å². The van der Waals surface area contributed by atoms with E-state index in [0.717, 1.165) is 47.7 Å². The van der Waals surface area contributed by atoms with E-state index < -0.39 is 0 Å². The van der Waals surface area contributed by atoms with Gasteiger partial charge in [0.25, 0.3) is 5.91 Å². The molecule has 6 heteroatoms. The van der Waals surface area contributed by atoms with E-state index in [2.05, 4.69) is 45.2 Å². The van der Waals surface area contributed by atoms with Crippen molar-refractivity contribution in [1.82, 2.24) is 9.47 Å². The first-order valence-corrected chi connectivity index (χ1v) is 11.5. The molecule has 0 saturated carbocycles. The summed E-state index contributed by atoms with van der Waals surface area (Å²) in [6.07, 6.45) is 0.888. The molecule has 1 aliphatic rings. The van der Waals surface area contributed by atoms with Crippen LogP contribution in [0.3, 0.4) is 0 Å². The largest absolute Gasteiger partial charge is 0.368 e. The number of nitrogens with zero attached hydrogens (tertiary/aromatic N) is 3. The molecule has 5 rings (SSSR count). The normalized spacial score (nSPS) is 14.4. The molecule has 0 N–H and O–H groups in total. The number of fused-ring (bicyclic) bond motifs is 1. The molecule has 1 fully saturated rings. The maximum absolute atomic E-state index is 13.4. The molecule has 1 saturated heterocycles. The van der Waals surface area contributed by atoms with Crippen LogP contribution < -0.4 is 4.90 Å². The minimum atomic E-state index is -0.228. The van der Waals surface area contributed by atoms with E-state index >= 15 is 0 Å². The molecular weight excluding hydrogens is 409 g/mol. The Hall–Kier alpha value is -3.12. The second kappa shape index (κ2) is 8.55. The van der Waals surface area contributed by atoms with Gasteiger partial charge in [-0.2, -0.15) is 0 Å². The number of anilines is 1. The van der Waals surface area contributed by atoms with E-state index in [9.17, 15) is 9.18 Å². The number of benzene rings is 2. The standard InChI is InChI=1S/C25H24FN3OS/c26-20-6-8-21(9-7-20)27-13-15-28(16-14-27)25(30)23-18-24-22(11-17-31-24)29(23)12-10-19-4-2-1-3-5-19/h1-9,11,17-18H,10,12-16H2. The molecule has 0 radical (unpaired) electrons. The third-order valence-corrected chi connectivity index (χ3v) is 6.82. The highest BCUT2D eigenvalue weighted by atomic mass is 32.1. The smallest absolute Gasteiger partial charge is 0.270 e. The van der Waals surface area contributed by atoms with Crippen molar-refractivity contribution in [2.45, 2.75) is 13.0 Å². The van der Waals surface area contributed by atoms with Gasteiger partial charge in [0.1, 0.15) is 11.5 Å². The van der Waals surface area contributed by atoms with Crippen LogP contribution in [0.4, 0.5) is 10.1 Å². The average molecular weight is 434 g/mol. The molecule has 4 nitrogen and oxygen atoms in total. The Bertz CT molecular complexity index is 1170. The number of carbonyl (C=O) groups is 1. The maximum Gasteiger partial charge on any atom is 0.270 e. The monoisotopic (exact) mass is 433 g/mol. The predicted octanol–water partition coefficient (Wildman–Crippen LogP) is 5.05. The van der Waals surface area contributed by atoms with Crippen LogP contribution in [0.2, 0.25) is 0 Å². The summed E-state index contributed by atoms with van der Waals surface area (Å²) in [6, 6.07) is 21.1. The minimum absolute atomic E-state index is 0.0928.